The first-order valence-corrected chi connectivity index (χ1v) is 20.6. The van der Waals surface area contributed by atoms with Crippen molar-refractivity contribution in [3.8, 4) is 22.6 Å². The number of rotatable bonds is 6. The average molecular weight is 736 g/mol. The fourth-order valence-electron chi connectivity index (χ4n) is 8.57. The van der Waals surface area contributed by atoms with Gasteiger partial charge in [0.1, 0.15) is 0 Å². The Morgan fingerprint density at radius 1 is 0.375 bits per heavy atom. The molecule has 0 radical (unpaired) electrons. The van der Waals surface area contributed by atoms with Gasteiger partial charge >= 0.3 is 0 Å². The summed E-state index contributed by atoms with van der Waals surface area (Å²) < 4.78 is 21.3. The Hall–Kier alpha value is -7.00. The smallest absolute Gasteiger partial charge is 0.171 e. The molecule has 3 heterocycles. The van der Waals surface area contributed by atoms with E-state index in [2.05, 4.69) is 173 Å². The SMILES string of the molecule is O=P(c1cccc(-c2cc3ccccc3cn2)c1)(c1ccc2c(c1)c1ccccc1n2-c1ccccc1)c1ccc2c(c1)c1ccccc1n2-c1ccccc1. The summed E-state index contributed by atoms with van der Waals surface area (Å²) in [5.41, 5.74) is 8.32. The van der Waals surface area contributed by atoms with Crippen LogP contribution in [0.3, 0.4) is 0 Å². The normalized spacial score (nSPS) is 12.0. The highest BCUT2D eigenvalue weighted by molar-refractivity contribution is 7.85. The molecule has 0 aliphatic carbocycles. The Morgan fingerprint density at radius 2 is 0.857 bits per heavy atom. The second-order valence-corrected chi connectivity index (χ2v) is 17.1. The highest BCUT2D eigenvalue weighted by Gasteiger charge is 2.32. The van der Waals surface area contributed by atoms with Gasteiger partial charge in [0.2, 0.25) is 0 Å². The fraction of sp³-hybridized carbons (Fsp3) is 0. The molecule has 0 aliphatic heterocycles. The third-order valence-corrected chi connectivity index (χ3v) is 14.2. The Balaban J connectivity index is 1.18. The quantitative estimate of drug-likeness (QED) is 0.160. The lowest BCUT2D eigenvalue weighted by Crippen LogP contribution is -2.25. The van der Waals surface area contributed by atoms with Crippen LogP contribution in [0.5, 0.6) is 0 Å². The van der Waals surface area contributed by atoms with Gasteiger partial charge in [-0.05, 0) is 90.3 Å². The van der Waals surface area contributed by atoms with Crippen molar-refractivity contribution in [3.05, 3.63) is 206 Å². The maximum Gasteiger partial charge on any atom is 0.171 e. The zero-order valence-corrected chi connectivity index (χ0v) is 31.2. The molecule has 8 aromatic carbocycles. The van der Waals surface area contributed by atoms with Crippen molar-refractivity contribution in [2.24, 2.45) is 0 Å². The van der Waals surface area contributed by atoms with Gasteiger partial charge in [-0.25, -0.2) is 0 Å². The van der Waals surface area contributed by atoms with Gasteiger partial charge in [0.25, 0.3) is 0 Å². The molecule has 0 saturated carbocycles. The molecular formula is C51H34N3OP. The molecule has 0 amide bonds. The first-order valence-electron chi connectivity index (χ1n) is 18.9. The highest BCUT2D eigenvalue weighted by atomic mass is 31.2. The summed E-state index contributed by atoms with van der Waals surface area (Å²) in [6, 6.07) is 69.3. The summed E-state index contributed by atoms with van der Waals surface area (Å²) >= 11 is 0. The maximum atomic E-state index is 16.7. The third kappa shape index (κ3) is 5.00. The predicted molar refractivity (Wildman–Crippen MR) is 235 cm³/mol. The van der Waals surface area contributed by atoms with Gasteiger partial charge in [-0.15, -0.1) is 0 Å². The van der Waals surface area contributed by atoms with E-state index in [4.69, 9.17) is 4.98 Å². The molecule has 11 aromatic rings. The lowest BCUT2D eigenvalue weighted by molar-refractivity contribution is 0.592. The minimum atomic E-state index is -3.51. The van der Waals surface area contributed by atoms with Crippen LogP contribution in [-0.2, 0) is 4.57 Å². The van der Waals surface area contributed by atoms with Crippen molar-refractivity contribution >= 4 is 77.4 Å². The lowest BCUT2D eigenvalue weighted by Gasteiger charge is -2.21. The van der Waals surface area contributed by atoms with Crippen molar-refractivity contribution in [1.82, 2.24) is 14.1 Å². The van der Waals surface area contributed by atoms with Crippen molar-refractivity contribution in [2.75, 3.05) is 0 Å². The van der Waals surface area contributed by atoms with E-state index in [0.29, 0.717) is 0 Å². The van der Waals surface area contributed by atoms with E-state index in [1.165, 1.54) is 0 Å². The molecule has 5 heteroatoms. The van der Waals surface area contributed by atoms with Gasteiger partial charge < -0.3 is 13.7 Å². The van der Waals surface area contributed by atoms with Crippen molar-refractivity contribution in [2.45, 2.75) is 0 Å². The van der Waals surface area contributed by atoms with E-state index in [1.54, 1.807) is 0 Å². The summed E-state index contributed by atoms with van der Waals surface area (Å²) in [7, 11) is -3.51. The molecule has 0 atom stereocenters. The Bertz CT molecular complexity index is 3180. The molecule has 0 aliphatic rings. The van der Waals surface area contributed by atoms with Gasteiger partial charge in [0, 0.05) is 66.0 Å². The standard InChI is InChI=1S/C51H34N3OP/c55-56(40-21-13-16-36(30-40)47-31-35-14-7-8-15-37(35)34-52-47,41-26-28-50-45(32-41)43-22-9-11-24-48(43)53(50)38-17-3-1-4-18-38)42-27-29-51-46(33-42)44-23-10-12-25-49(44)54(51)39-19-5-2-6-20-39/h1-34H. The molecule has 56 heavy (non-hydrogen) atoms. The molecule has 264 valence electrons. The van der Waals surface area contributed by atoms with Crippen LogP contribution in [0, 0.1) is 0 Å². The summed E-state index contributed by atoms with van der Waals surface area (Å²) in [5, 5.41) is 8.92. The van der Waals surface area contributed by atoms with Crippen LogP contribution in [0.25, 0.3) is 77.0 Å². The first-order chi connectivity index (χ1) is 27.6. The zero-order chi connectivity index (χ0) is 37.2. The molecule has 11 rings (SSSR count). The van der Waals surface area contributed by atoms with E-state index >= 15 is 4.57 Å². The van der Waals surface area contributed by atoms with Crippen molar-refractivity contribution in [3.63, 3.8) is 0 Å². The number of fused-ring (bicyclic) bond motifs is 7. The summed E-state index contributed by atoms with van der Waals surface area (Å²) in [6.45, 7) is 0. The van der Waals surface area contributed by atoms with E-state index < -0.39 is 7.14 Å². The van der Waals surface area contributed by atoms with Crippen molar-refractivity contribution in [1.29, 1.82) is 0 Å². The van der Waals surface area contributed by atoms with Gasteiger partial charge in [-0.2, -0.15) is 0 Å². The molecule has 4 nitrogen and oxygen atoms in total. The number of aromatic nitrogens is 3. The van der Waals surface area contributed by atoms with Gasteiger partial charge in [0.15, 0.2) is 7.14 Å². The van der Waals surface area contributed by atoms with Crippen LogP contribution in [-0.4, -0.2) is 14.1 Å². The summed E-state index contributed by atoms with van der Waals surface area (Å²) in [5.74, 6) is 0. The molecule has 3 aromatic heterocycles. The molecule has 0 spiro atoms. The molecule has 0 fully saturated rings. The number of hydrogen-bond acceptors (Lipinski definition) is 2. The number of para-hydroxylation sites is 4. The summed E-state index contributed by atoms with van der Waals surface area (Å²) in [4.78, 5) is 4.86. The van der Waals surface area contributed by atoms with Crippen LogP contribution in [0.1, 0.15) is 0 Å². The molecular weight excluding hydrogens is 702 g/mol. The molecule has 0 saturated heterocycles. The van der Waals surface area contributed by atoms with Gasteiger partial charge in [-0.1, -0.05) is 115 Å². The molecule has 0 bridgehead atoms. The number of benzene rings is 8. The van der Waals surface area contributed by atoms with Crippen LogP contribution < -0.4 is 15.9 Å². The molecule has 0 N–H and O–H groups in total. The minimum absolute atomic E-state index is 0.766. The predicted octanol–water partition coefficient (Wildman–Crippen LogP) is 11.7. The Kier molecular flexibility index (Phi) is 7.42. The van der Waals surface area contributed by atoms with Crippen LogP contribution >= 0.6 is 7.14 Å². The van der Waals surface area contributed by atoms with Crippen LogP contribution in [0.15, 0.2) is 206 Å². The Morgan fingerprint density at radius 3 is 1.45 bits per heavy atom. The van der Waals surface area contributed by atoms with E-state index in [0.717, 1.165) is 92.9 Å². The van der Waals surface area contributed by atoms with E-state index in [-0.39, 0.29) is 0 Å². The fourth-order valence-corrected chi connectivity index (χ4v) is 11.3. The highest BCUT2D eigenvalue weighted by Crippen LogP contribution is 2.46. The van der Waals surface area contributed by atoms with E-state index in [1.807, 2.05) is 42.6 Å². The number of pyridine rings is 1. The third-order valence-electron chi connectivity index (χ3n) is 11.2. The minimum Gasteiger partial charge on any atom is -0.309 e. The first kappa shape index (κ1) is 32.4. The second-order valence-electron chi connectivity index (χ2n) is 14.4. The lowest BCUT2D eigenvalue weighted by atomic mass is 10.1. The van der Waals surface area contributed by atoms with Gasteiger partial charge in [0.05, 0.1) is 27.8 Å². The largest absolute Gasteiger partial charge is 0.309 e. The van der Waals surface area contributed by atoms with Crippen LogP contribution in [0.2, 0.25) is 0 Å². The topological polar surface area (TPSA) is 39.8 Å². The number of hydrogen-bond donors (Lipinski definition) is 0. The Labute approximate surface area is 323 Å². The second kappa shape index (κ2) is 12.8. The maximum absolute atomic E-state index is 16.7. The monoisotopic (exact) mass is 735 g/mol. The van der Waals surface area contributed by atoms with Gasteiger partial charge in [-0.3, -0.25) is 4.98 Å². The number of nitrogens with zero attached hydrogens (tertiary/aromatic N) is 3. The van der Waals surface area contributed by atoms with Crippen LogP contribution in [0.4, 0.5) is 0 Å². The van der Waals surface area contributed by atoms with Crippen molar-refractivity contribution < 1.29 is 4.57 Å². The zero-order valence-electron chi connectivity index (χ0n) is 30.3. The average Bonchev–Trinajstić information content (AvgIpc) is 3.79. The molecule has 0 unspecified atom stereocenters. The van der Waals surface area contributed by atoms with E-state index in [9.17, 15) is 0 Å². The summed E-state index contributed by atoms with van der Waals surface area (Å²) in [6.07, 6.45) is 1.92.